The number of hydrogen-bond donors (Lipinski definition) is 1. The van der Waals surface area contributed by atoms with Crippen LogP contribution >= 0.6 is 34.8 Å². The van der Waals surface area contributed by atoms with Crippen molar-refractivity contribution in [2.75, 3.05) is 5.73 Å². The van der Waals surface area contributed by atoms with E-state index in [1.807, 2.05) is 0 Å². The van der Waals surface area contributed by atoms with E-state index in [1.54, 1.807) is 0 Å². The zero-order valence-electron chi connectivity index (χ0n) is 10.2. The van der Waals surface area contributed by atoms with Crippen molar-refractivity contribution in [1.82, 2.24) is 9.78 Å². The highest BCUT2D eigenvalue weighted by Gasteiger charge is 2.36. The molecule has 0 saturated carbocycles. The molecular weight excluding hydrogens is 371 g/mol. The molecule has 0 unspecified atom stereocenters. The van der Waals surface area contributed by atoms with E-state index in [4.69, 9.17) is 40.5 Å². The van der Waals surface area contributed by atoms with Gasteiger partial charge in [0.25, 0.3) is 0 Å². The molecule has 118 valence electrons. The van der Waals surface area contributed by atoms with Gasteiger partial charge in [-0.1, -0.05) is 34.8 Å². The van der Waals surface area contributed by atoms with Gasteiger partial charge < -0.3 is 5.73 Å². The average molecular weight is 376 g/mol. The van der Waals surface area contributed by atoms with Gasteiger partial charge in [0.1, 0.15) is 11.9 Å². The smallest absolute Gasteiger partial charge is 0.378 e. The lowest BCUT2D eigenvalue weighted by Gasteiger charge is -2.15. The summed E-state index contributed by atoms with van der Waals surface area (Å²) in [5, 5.41) is 12.5. The van der Waals surface area contributed by atoms with Gasteiger partial charge in [0.05, 0.1) is 25.6 Å². The molecule has 22 heavy (non-hydrogen) atoms. The fraction of sp³-hybridized carbons (Fsp3) is 0.100. The van der Waals surface area contributed by atoms with E-state index < -0.39 is 43.2 Å². The van der Waals surface area contributed by atoms with Crippen LogP contribution in [0.4, 0.5) is 24.7 Å². The number of alkyl halides is 3. The van der Waals surface area contributed by atoms with Crippen LogP contribution in [0.2, 0.25) is 15.1 Å². The summed E-state index contributed by atoms with van der Waals surface area (Å²) in [6, 6.07) is 0.540. The van der Waals surface area contributed by atoms with Crippen LogP contribution in [0.5, 0.6) is 0 Å². The molecule has 0 atom stereocenters. The molecule has 2 aromatic rings. The fourth-order valence-corrected chi connectivity index (χ4v) is 2.52. The van der Waals surface area contributed by atoms with Gasteiger partial charge in [0.2, 0.25) is 5.82 Å². The summed E-state index contributed by atoms with van der Waals surface area (Å²) in [5.41, 5.74) is 3.44. The second-order valence-electron chi connectivity index (χ2n) is 3.96. The normalized spacial score (nSPS) is 11.7. The molecule has 2 rings (SSSR count). The Morgan fingerprint density at radius 1 is 1.27 bits per heavy atom. The second kappa shape index (κ2) is 5.49. The molecule has 1 aromatic heterocycles. The van der Waals surface area contributed by atoms with Gasteiger partial charge in [-0.15, -0.1) is 0 Å². The van der Waals surface area contributed by atoms with E-state index in [0.29, 0.717) is 6.07 Å². The Labute approximate surface area is 135 Å². The second-order valence-corrected chi connectivity index (χ2v) is 5.13. The molecule has 0 fully saturated rings. The fourth-order valence-electron chi connectivity index (χ4n) is 1.65. The number of nitro groups is 1. The first-order valence-electron chi connectivity index (χ1n) is 5.28. The van der Waals surface area contributed by atoms with Crippen LogP contribution in [0.3, 0.4) is 0 Å². The predicted molar refractivity (Wildman–Crippen MR) is 74.7 cm³/mol. The minimum Gasteiger partial charge on any atom is -0.378 e. The summed E-state index contributed by atoms with van der Waals surface area (Å²) in [4.78, 5) is 9.91. The molecule has 0 aliphatic rings. The number of anilines is 1. The summed E-state index contributed by atoms with van der Waals surface area (Å²) in [6.45, 7) is 0. The largest absolute Gasteiger partial charge is 0.417 e. The molecule has 0 spiro atoms. The molecule has 1 heterocycles. The van der Waals surface area contributed by atoms with Crippen molar-refractivity contribution < 1.29 is 18.1 Å². The van der Waals surface area contributed by atoms with E-state index in [-0.39, 0.29) is 5.69 Å². The molecule has 0 aliphatic carbocycles. The molecule has 6 nitrogen and oxygen atoms in total. The van der Waals surface area contributed by atoms with Crippen molar-refractivity contribution in [1.29, 1.82) is 0 Å². The predicted octanol–water partition coefficient (Wildman–Crippen LogP) is 4.34. The Kier molecular flexibility index (Phi) is 4.16. The van der Waals surface area contributed by atoms with Crippen molar-refractivity contribution in [3.05, 3.63) is 43.0 Å². The Hall–Kier alpha value is -1.71. The van der Waals surface area contributed by atoms with Crippen molar-refractivity contribution in [3.8, 4) is 5.69 Å². The highest BCUT2D eigenvalue weighted by Crippen LogP contribution is 2.44. The Morgan fingerprint density at radius 3 is 2.32 bits per heavy atom. The molecule has 0 radical (unpaired) electrons. The first-order valence-corrected chi connectivity index (χ1v) is 6.42. The minimum atomic E-state index is -4.77. The van der Waals surface area contributed by atoms with E-state index >= 15 is 0 Å². The monoisotopic (exact) mass is 374 g/mol. The lowest BCUT2D eigenvalue weighted by atomic mass is 10.2. The third kappa shape index (κ3) is 2.67. The van der Waals surface area contributed by atoms with Gasteiger partial charge in [0, 0.05) is 0 Å². The average Bonchev–Trinajstić information content (AvgIpc) is 2.75. The summed E-state index contributed by atoms with van der Waals surface area (Å²) in [7, 11) is 0. The summed E-state index contributed by atoms with van der Waals surface area (Å²) >= 11 is 17.2. The first-order chi connectivity index (χ1) is 10.1. The van der Waals surface area contributed by atoms with E-state index in [0.717, 1.165) is 10.9 Å². The maximum absolute atomic E-state index is 12.8. The Balaban J connectivity index is 2.73. The highest BCUT2D eigenvalue weighted by atomic mass is 35.5. The number of nitrogens with zero attached hydrogens (tertiary/aromatic N) is 3. The molecule has 0 amide bonds. The minimum absolute atomic E-state index is 0.285. The number of nitrogen functional groups attached to an aromatic ring is 1. The molecule has 0 saturated heterocycles. The van der Waals surface area contributed by atoms with Crippen molar-refractivity contribution >= 4 is 46.3 Å². The number of nitrogens with two attached hydrogens (primary N) is 1. The van der Waals surface area contributed by atoms with Gasteiger partial charge in [0.15, 0.2) is 0 Å². The van der Waals surface area contributed by atoms with E-state index in [1.165, 1.54) is 0 Å². The number of halogens is 6. The molecule has 0 aliphatic heterocycles. The summed E-state index contributed by atoms with van der Waals surface area (Å²) in [6.07, 6.45) is -3.96. The van der Waals surface area contributed by atoms with Gasteiger partial charge in [-0.25, -0.2) is 4.68 Å². The third-order valence-electron chi connectivity index (χ3n) is 2.63. The quantitative estimate of drug-likeness (QED) is 0.480. The summed E-state index contributed by atoms with van der Waals surface area (Å²) in [5.74, 6) is -0.454. The van der Waals surface area contributed by atoms with Gasteiger partial charge in [-0.3, -0.25) is 10.1 Å². The van der Waals surface area contributed by atoms with E-state index in [2.05, 4.69) is 5.10 Å². The molecule has 0 bridgehead atoms. The van der Waals surface area contributed by atoms with Crippen LogP contribution in [0.1, 0.15) is 5.56 Å². The lowest BCUT2D eigenvalue weighted by molar-refractivity contribution is -0.383. The van der Waals surface area contributed by atoms with Crippen LogP contribution < -0.4 is 5.73 Å². The molecule has 2 N–H and O–H groups in total. The Morgan fingerprint density at radius 2 is 1.86 bits per heavy atom. The van der Waals surface area contributed by atoms with Gasteiger partial charge >= 0.3 is 11.9 Å². The lowest BCUT2D eigenvalue weighted by Crippen LogP contribution is -2.10. The molecule has 1 aromatic carbocycles. The summed E-state index contributed by atoms with van der Waals surface area (Å²) < 4.78 is 39.1. The van der Waals surface area contributed by atoms with Crippen LogP contribution in [-0.2, 0) is 6.18 Å². The van der Waals surface area contributed by atoms with E-state index in [9.17, 15) is 23.3 Å². The number of benzene rings is 1. The number of rotatable bonds is 2. The zero-order valence-corrected chi connectivity index (χ0v) is 12.4. The van der Waals surface area contributed by atoms with Crippen LogP contribution in [0.15, 0.2) is 12.3 Å². The van der Waals surface area contributed by atoms with Crippen molar-refractivity contribution in [2.45, 2.75) is 6.18 Å². The first kappa shape index (κ1) is 16.7. The topological polar surface area (TPSA) is 87.0 Å². The van der Waals surface area contributed by atoms with Crippen molar-refractivity contribution in [3.63, 3.8) is 0 Å². The third-order valence-corrected chi connectivity index (χ3v) is 3.78. The maximum atomic E-state index is 12.8. The standard InChI is InChI=1S/C10H4Cl3F3N4O2/c11-4-1-3(10(14,15)16)6(12)7(13)8(4)19-9(17)5(2-18-19)20(21)22/h1-2H,17H2. The molecule has 12 heteroatoms. The van der Waals surface area contributed by atoms with Crippen LogP contribution in [0.25, 0.3) is 5.69 Å². The number of hydrogen-bond acceptors (Lipinski definition) is 4. The van der Waals surface area contributed by atoms with Crippen LogP contribution in [-0.4, -0.2) is 14.7 Å². The molecular formula is C10H4Cl3F3N4O2. The highest BCUT2D eigenvalue weighted by molar-refractivity contribution is 6.45. The number of aromatic nitrogens is 2. The SMILES string of the molecule is Nc1c([N+](=O)[O-])cnn1-c1c(Cl)cc(C(F)(F)F)c(Cl)c1Cl. The Bertz CT molecular complexity index is 776. The zero-order chi connectivity index (χ0) is 16.8. The van der Waals surface area contributed by atoms with Crippen LogP contribution in [0, 0.1) is 10.1 Å². The van der Waals surface area contributed by atoms with Crippen molar-refractivity contribution in [2.24, 2.45) is 0 Å². The van der Waals surface area contributed by atoms with Gasteiger partial charge in [-0.05, 0) is 6.07 Å². The van der Waals surface area contributed by atoms with Gasteiger partial charge in [-0.2, -0.15) is 18.3 Å². The maximum Gasteiger partial charge on any atom is 0.417 e.